The third-order valence-corrected chi connectivity index (χ3v) is 5.01. The van der Waals surface area contributed by atoms with Crippen molar-refractivity contribution in [2.24, 2.45) is 7.05 Å². The molecule has 108 valence electrons. The fraction of sp³-hybridized carbons (Fsp3) is 0.412. The van der Waals surface area contributed by atoms with Crippen LogP contribution in [0.1, 0.15) is 30.7 Å². The van der Waals surface area contributed by atoms with Crippen molar-refractivity contribution in [1.82, 2.24) is 10.3 Å². The van der Waals surface area contributed by atoms with Crippen molar-refractivity contribution < 1.29 is 4.57 Å². The predicted molar refractivity (Wildman–Crippen MR) is 82.6 cm³/mol. The summed E-state index contributed by atoms with van der Waals surface area (Å²) in [5.41, 5.74) is 9.65. The van der Waals surface area contributed by atoms with E-state index < -0.39 is 0 Å². The number of hydrogen-bond acceptors (Lipinski definition) is 3. The van der Waals surface area contributed by atoms with Crippen LogP contribution in [0.3, 0.4) is 0 Å². The molecule has 2 saturated heterocycles. The zero-order chi connectivity index (χ0) is 14.4. The van der Waals surface area contributed by atoms with E-state index in [2.05, 4.69) is 22.4 Å². The van der Waals surface area contributed by atoms with E-state index in [-0.39, 0.29) is 0 Å². The minimum Gasteiger partial charge on any atom is -0.311 e. The van der Waals surface area contributed by atoms with Gasteiger partial charge in [0.15, 0.2) is 0 Å². The van der Waals surface area contributed by atoms with Crippen LogP contribution >= 0.6 is 0 Å². The molecule has 2 bridgehead atoms. The Hall–Kier alpha value is -1.94. The molecule has 0 spiro atoms. The highest BCUT2D eigenvalue weighted by molar-refractivity contribution is 5.64. The molecule has 3 atom stereocenters. The van der Waals surface area contributed by atoms with Gasteiger partial charge in [0.1, 0.15) is 0 Å². The van der Waals surface area contributed by atoms with E-state index in [4.69, 9.17) is 5.73 Å². The summed E-state index contributed by atoms with van der Waals surface area (Å²) < 4.78 is 1.92. The van der Waals surface area contributed by atoms with Gasteiger partial charge in [-0.05, 0) is 42.5 Å². The summed E-state index contributed by atoms with van der Waals surface area (Å²) in [6.07, 6.45) is 9.84. The van der Waals surface area contributed by atoms with Crippen molar-refractivity contribution in [3.05, 3.63) is 42.4 Å². The lowest BCUT2D eigenvalue weighted by Crippen LogP contribution is -2.31. The van der Waals surface area contributed by atoms with Crippen molar-refractivity contribution in [2.45, 2.75) is 37.3 Å². The number of rotatable bonds is 2. The highest BCUT2D eigenvalue weighted by Gasteiger charge is 2.39. The van der Waals surface area contributed by atoms with Crippen LogP contribution in [0.4, 0.5) is 5.82 Å². The van der Waals surface area contributed by atoms with Gasteiger partial charge < -0.3 is 5.32 Å². The molecule has 2 aliphatic heterocycles. The average Bonchev–Trinajstić information content (AvgIpc) is 3.13. The summed E-state index contributed by atoms with van der Waals surface area (Å²) in [5.74, 6) is 1.38. The molecule has 0 aliphatic carbocycles. The molecule has 0 saturated carbocycles. The highest BCUT2D eigenvalue weighted by Crippen LogP contribution is 2.40. The predicted octanol–water partition coefficient (Wildman–Crippen LogP) is 1.76. The number of nitrogens with one attached hydrogen (secondary N) is 1. The lowest BCUT2D eigenvalue weighted by atomic mass is 9.84. The monoisotopic (exact) mass is 281 g/mol. The molecule has 2 aliphatic rings. The quantitative estimate of drug-likeness (QED) is 0.825. The number of pyridine rings is 2. The number of anilines is 1. The van der Waals surface area contributed by atoms with Gasteiger partial charge in [-0.15, -0.1) is 0 Å². The fourth-order valence-corrected chi connectivity index (χ4v) is 3.78. The third-order valence-electron chi connectivity index (χ3n) is 5.01. The lowest BCUT2D eigenvalue weighted by molar-refractivity contribution is -0.656. The van der Waals surface area contributed by atoms with Gasteiger partial charge in [0.05, 0.1) is 13.2 Å². The van der Waals surface area contributed by atoms with Crippen molar-refractivity contribution in [2.75, 3.05) is 5.73 Å². The van der Waals surface area contributed by atoms with Crippen LogP contribution in [0.15, 0.2) is 36.8 Å². The Balaban J connectivity index is 1.68. The molecule has 4 rings (SSSR count). The van der Waals surface area contributed by atoms with Gasteiger partial charge in [-0.25, -0.2) is 4.57 Å². The van der Waals surface area contributed by atoms with Gasteiger partial charge in [0.25, 0.3) is 5.82 Å². The maximum Gasteiger partial charge on any atom is 0.272 e. The van der Waals surface area contributed by atoms with Crippen molar-refractivity contribution in [3.8, 4) is 11.1 Å². The second-order valence-electron chi connectivity index (χ2n) is 6.35. The average molecular weight is 281 g/mol. The second kappa shape index (κ2) is 4.81. The highest BCUT2D eigenvalue weighted by atomic mass is 15.0. The topological polar surface area (TPSA) is 54.8 Å². The molecule has 4 nitrogen and oxygen atoms in total. The number of hydrogen-bond donors (Lipinski definition) is 2. The zero-order valence-corrected chi connectivity index (χ0v) is 12.3. The Bertz CT molecular complexity index is 682. The van der Waals surface area contributed by atoms with Crippen molar-refractivity contribution in [3.63, 3.8) is 0 Å². The zero-order valence-electron chi connectivity index (χ0n) is 12.3. The summed E-state index contributed by atoms with van der Waals surface area (Å²) >= 11 is 0. The largest absolute Gasteiger partial charge is 0.311 e. The van der Waals surface area contributed by atoms with Gasteiger partial charge in [-0.3, -0.25) is 10.7 Å². The molecule has 4 heterocycles. The van der Waals surface area contributed by atoms with E-state index in [1.165, 1.54) is 24.8 Å². The molecule has 2 aromatic rings. The van der Waals surface area contributed by atoms with Crippen LogP contribution in [0, 0.1) is 0 Å². The normalized spacial score (nSPS) is 27.2. The Morgan fingerprint density at radius 1 is 1.24 bits per heavy atom. The molecular formula is C17H21N4+. The first-order valence-corrected chi connectivity index (χ1v) is 7.67. The first kappa shape index (κ1) is 12.8. The first-order valence-electron chi connectivity index (χ1n) is 7.67. The van der Waals surface area contributed by atoms with Gasteiger partial charge in [0, 0.05) is 42.0 Å². The molecule has 3 unspecified atom stereocenters. The standard InChI is InChI=1S/C17H20N4/c1-21-5-4-11(7-17(21)18)12-6-13(10-19-9-12)15-8-14-2-3-16(15)20-14/h4-7,9-10,14-16,18,20H,2-3,8H2,1H3/p+1. The first-order chi connectivity index (χ1) is 10.2. The van der Waals surface area contributed by atoms with Crippen LogP contribution < -0.4 is 15.6 Å². The summed E-state index contributed by atoms with van der Waals surface area (Å²) in [4.78, 5) is 4.47. The Kier molecular flexibility index (Phi) is 2.93. The van der Waals surface area contributed by atoms with Crippen LogP contribution in [-0.4, -0.2) is 17.1 Å². The van der Waals surface area contributed by atoms with E-state index in [1.54, 1.807) is 0 Å². The van der Waals surface area contributed by atoms with Crippen molar-refractivity contribution in [1.29, 1.82) is 0 Å². The molecule has 3 N–H and O–H groups in total. The van der Waals surface area contributed by atoms with E-state index >= 15 is 0 Å². The number of nitrogen functional groups attached to an aromatic ring is 1. The summed E-state index contributed by atoms with van der Waals surface area (Å²) in [5, 5.41) is 3.70. The molecule has 0 amide bonds. The minimum atomic E-state index is 0.619. The summed E-state index contributed by atoms with van der Waals surface area (Å²) in [7, 11) is 1.95. The Labute approximate surface area is 125 Å². The second-order valence-corrected chi connectivity index (χ2v) is 6.35. The lowest BCUT2D eigenvalue weighted by Gasteiger charge is -2.20. The van der Waals surface area contributed by atoms with Crippen LogP contribution in [0.25, 0.3) is 11.1 Å². The van der Waals surface area contributed by atoms with Gasteiger partial charge in [-0.1, -0.05) is 0 Å². The maximum atomic E-state index is 6.00. The fourth-order valence-electron chi connectivity index (χ4n) is 3.78. The Morgan fingerprint density at radius 3 is 2.86 bits per heavy atom. The van der Waals surface area contributed by atoms with Crippen LogP contribution in [0.2, 0.25) is 0 Å². The van der Waals surface area contributed by atoms with Gasteiger partial charge in [0.2, 0.25) is 0 Å². The van der Waals surface area contributed by atoms with Gasteiger partial charge >= 0.3 is 0 Å². The number of aryl methyl sites for hydroxylation is 1. The van der Waals surface area contributed by atoms with E-state index in [1.807, 2.05) is 36.3 Å². The Morgan fingerprint density at radius 2 is 2.14 bits per heavy atom. The SMILES string of the molecule is C[n+]1ccc(-c2cncc(C3CC4CCC3N4)c2)cc1N. The molecule has 2 fully saturated rings. The van der Waals surface area contributed by atoms with Gasteiger partial charge in [-0.2, -0.15) is 0 Å². The number of nitrogens with two attached hydrogens (primary N) is 1. The number of aromatic nitrogens is 2. The van der Waals surface area contributed by atoms with Crippen LogP contribution in [-0.2, 0) is 7.05 Å². The van der Waals surface area contributed by atoms with Crippen molar-refractivity contribution >= 4 is 5.82 Å². The van der Waals surface area contributed by atoms with E-state index in [0.29, 0.717) is 12.0 Å². The molecule has 0 aromatic carbocycles. The molecular weight excluding hydrogens is 260 g/mol. The molecule has 0 radical (unpaired) electrons. The minimum absolute atomic E-state index is 0.619. The summed E-state index contributed by atoms with van der Waals surface area (Å²) in [6.45, 7) is 0. The maximum absolute atomic E-state index is 6.00. The summed E-state index contributed by atoms with van der Waals surface area (Å²) in [6, 6.07) is 7.76. The number of nitrogens with zero attached hydrogens (tertiary/aromatic N) is 2. The van der Waals surface area contributed by atoms with E-state index in [0.717, 1.165) is 23.0 Å². The molecule has 21 heavy (non-hydrogen) atoms. The van der Waals surface area contributed by atoms with Crippen LogP contribution in [0.5, 0.6) is 0 Å². The number of fused-ring (bicyclic) bond motifs is 2. The smallest absolute Gasteiger partial charge is 0.272 e. The molecule has 4 heteroatoms. The van der Waals surface area contributed by atoms with E-state index in [9.17, 15) is 0 Å². The molecule has 2 aromatic heterocycles. The third kappa shape index (κ3) is 2.20.